The highest BCUT2D eigenvalue weighted by Gasteiger charge is 2.33. The van der Waals surface area contributed by atoms with Crippen LogP contribution in [0.3, 0.4) is 0 Å². The van der Waals surface area contributed by atoms with E-state index in [4.69, 9.17) is 14.2 Å². The highest BCUT2D eigenvalue weighted by atomic mass is 16.5. The predicted molar refractivity (Wildman–Crippen MR) is 481 cm³/mol. The molecular formula is C100H186N4O8. The van der Waals surface area contributed by atoms with Gasteiger partial charge in [-0.3, -0.25) is 24.0 Å². The third-order valence-electron chi connectivity index (χ3n) is 23.0. The quantitative estimate of drug-likeness (QED) is 0.0261. The van der Waals surface area contributed by atoms with E-state index in [0.29, 0.717) is 51.9 Å². The monoisotopic (exact) mass is 1570 g/mol. The van der Waals surface area contributed by atoms with Crippen LogP contribution in [-0.4, -0.2) is 111 Å². The molecular weight excluding hydrogens is 1390 g/mol. The van der Waals surface area contributed by atoms with Crippen molar-refractivity contribution in [1.29, 1.82) is 0 Å². The van der Waals surface area contributed by atoms with Crippen molar-refractivity contribution in [3.63, 3.8) is 0 Å². The number of piperazine rings is 1. The van der Waals surface area contributed by atoms with Gasteiger partial charge in [0.05, 0.1) is 19.8 Å². The number of esters is 3. The first kappa shape index (κ1) is 106. The van der Waals surface area contributed by atoms with Gasteiger partial charge in [-0.15, -0.1) is 0 Å². The van der Waals surface area contributed by atoms with Crippen LogP contribution in [0.15, 0.2) is 48.6 Å². The van der Waals surface area contributed by atoms with Crippen molar-refractivity contribution in [2.24, 2.45) is 0 Å². The normalized spacial score (nSPS) is 14.1. The third kappa shape index (κ3) is 77.5. The lowest BCUT2D eigenvalue weighted by atomic mass is 10.0. The number of hydrogen-bond donors (Lipinski definition) is 2. The molecule has 0 bridgehead atoms. The molecule has 1 fully saturated rings. The molecule has 0 radical (unpaired) electrons. The van der Waals surface area contributed by atoms with Crippen LogP contribution in [0.25, 0.3) is 0 Å². The molecule has 2 N–H and O–H groups in total. The van der Waals surface area contributed by atoms with Crippen LogP contribution >= 0.6 is 0 Å². The summed E-state index contributed by atoms with van der Waals surface area (Å²) in [5, 5.41) is 6.21. The maximum atomic E-state index is 13.6. The van der Waals surface area contributed by atoms with Crippen LogP contribution in [0.4, 0.5) is 0 Å². The average Bonchev–Trinajstić information content (AvgIpc) is 0.847. The Morgan fingerprint density at radius 3 is 0.643 bits per heavy atom. The lowest BCUT2D eigenvalue weighted by Gasteiger charge is -2.30. The van der Waals surface area contributed by atoms with E-state index in [1.54, 1.807) is 0 Å². The molecule has 0 aromatic heterocycles. The fourth-order valence-electron chi connectivity index (χ4n) is 15.5. The van der Waals surface area contributed by atoms with Crippen molar-refractivity contribution in [3.8, 4) is 0 Å². The van der Waals surface area contributed by atoms with Gasteiger partial charge < -0.3 is 34.6 Å². The molecule has 0 spiro atoms. The largest absolute Gasteiger partial charge is 0.466 e. The van der Waals surface area contributed by atoms with Gasteiger partial charge in [0, 0.05) is 19.3 Å². The smallest absolute Gasteiger partial charge is 0.305 e. The Hall–Kier alpha value is -3.77. The average molecular weight is 1570 g/mol. The molecule has 2 amide bonds. The molecule has 12 nitrogen and oxygen atoms in total. The van der Waals surface area contributed by atoms with Crippen molar-refractivity contribution < 1.29 is 38.2 Å². The molecule has 0 saturated carbocycles. The van der Waals surface area contributed by atoms with E-state index in [2.05, 4.69) is 96.7 Å². The zero-order valence-corrected chi connectivity index (χ0v) is 74.7. The fourth-order valence-corrected chi connectivity index (χ4v) is 15.5. The Bertz CT molecular complexity index is 2100. The van der Waals surface area contributed by atoms with Gasteiger partial charge in [-0.2, -0.15) is 0 Å². The molecule has 1 rings (SSSR count). The Kier molecular flexibility index (Phi) is 83.5. The Balaban J connectivity index is 2.61. The number of allylic oxidation sites excluding steroid dienone is 8. The fraction of sp³-hybridized carbons (Fsp3) is 0.870. The van der Waals surface area contributed by atoms with Gasteiger partial charge in [0.1, 0.15) is 12.1 Å². The highest BCUT2D eigenvalue weighted by Crippen LogP contribution is 2.20. The van der Waals surface area contributed by atoms with Gasteiger partial charge >= 0.3 is 17.9 Å². The van der Waals surface area contributed by atoms with Crippen LogP contribution in [0, 0.1) is 0 Å². The van der Waals surface area contributed by atoms with Crippen molar-refractivity contribution in [1.82, 2.24) is 20.4 Å². The van der Waals surface area contributed by atoms with E-state index in [0.717, 1.165) is 155 Å². The Morgan fingerprint density at radius 2 is 0.420 bits per heavy atom. The molecule has 1 saturated heterocycles. The van der Waals surface area contributed by atoms with Crippen molar-refractivity contribution in [2.75, 3.05) is 59.1 Å². The number of carbonyl (C=O) groups excluding carboxylic acids is 5. The minimum Gasteiger partial charge on any atom is -0.466 e. The maximum Gasteiger partial charge on any atom is 0.305 e. The third-order valence-corrected chi connectivity index (χ3v) is 23.0. The molecule has 0 aliphatic carbocycles. The molecule has 2 unspecified atom stereocenters. The molecule has 0 aromatic carbocycles. The molecule has 0 aromatic rings. The van der Waals surface area contributed by atoms with Crippen LogP contribution in [0.2, 0.25) is 0 Å². The molecule has 12 heteroatoms. The number of amides is 2. The van der Waals surface area contributed by atoms with E-state index >= 15 is 0 Å². The van der Waals surface area contributed by atoms with Crippen LogP contribution in [-0.2, 0) is 38.2 Å². The van der Waals surface area contributed by atoms with Gasteiger partial charge in [0.25, 0.3) is 0 Å². The van der Waals surface area contributed by atoms with E-state index in [1.807, 2.05) is 0 Å². The summed E-state index contributed by atoms with van der Waals surface area (Å²) in [4.78, 5) is 70.2. The first-order chi connectivity index (χ1) is 55.2. The van der Waals surface area contributed by atoms with Crippen LogP contribution in [0.1, 0.15) is 490 Å². The second-order valence-corrected chi connectivity index (χ2v) is 33.9. The number of carbonyl (C=O) groups is 5. The summed E-state index contributed by atoms with van der Waals surface area (Å²) >= 11 is 0. The SMILES string of the molecule is CCCCCCCC/C=C\CCCCCCCCCCCCN(CCCCOC(=O)CCCCCCC/C=C\CCCCCCCC)CCCCC1NC(=O)C(CCCCN(CCCCOC(=O)CCCCCCC/C=C\CCCCCCCC)CCCCOC(=O)CCCCCCC/C=C\CCCCCCCC)NC1=O. The highest BCUT2D eigenvalue weighted by molar-refractivity contribution is 5.96. The number of ether oxygens (including phenoxy) is 3. The van der Waals surface area contributed by atoms with E-state index < -0.39 is 12.1 Å². The number of hydrogen-bond acceptors (Lipinski definition) is 10. The summed E-state index contributed by atoms with van der Waals surface area (Å²) in [6, 6.07) is -1.03. The van der Waals surface area contributed by atoms with Gasteiger partial charge in [-0.05, 0) is 245 Å². The number of rotatable bonds is 90. The van der Waals surface area contributed by atoms with Crippen LogP contribution in [0.5, 0.6) is 0 Å². The van der Waals surface area contributed by atoms with Gasteiger partial charge in [0.15, 0.2) is 0 Å². The molecule has 1 heterocycles. The summed E-state index contributed by atoms with van der Waals surface area (Å²) in [6.07, 6.45) is 103. The number of nitrogens with zero attached hydrogens (tertiary/aromatic N) is 2. The molecule has 112 heavy (non-hydrogen) atoms. The summed E-state index contributed by atoms with van der Waals surface area (Å²) in [5.41, 5.74) is 0. The zero-order valence-electron chi connectivity index (χ0n) is 74.7. The minimum atomic E-state index is -0.524. The summed E-state index contributed by atoms with van der Waals surface area (Å²) < 4.78 is 17.1. The van der Waals surface area contributed by atoms with Crippen molar-refractivity contribution in [2.45, 2.75) is 502 Å². The van der Waals surface area contributed by atoms with Crippen molar-refractivity contribution >= 4 is 29.7 Å². The Morgan fingerprint density at radius 1 is 0.241 bits per heavy atom. The summed E-state index contributed by atoms with van der Waals surface area (Å²) in [6.45, 7) is 16.1. The predicted octanol–water partition coefficient (Wildman–Crippen LogP) is 28.6. The molecule has 654 valence electrons. The second kappa shape index (κ2) is 88.1. The lowest BCUT2D eigenvalue weighted by molar-refractivity contribution is -0.144. The van der Waals surface area contributed by atoms with Gasteiger partial charge in [-0.1, -0.05) is 314 Å². The van der Waals surface area contributed by atoms with Crippen LogP contribution < -0.4 is 10.6 Å². The van der Waals surface area contributed by atoms with Gasteiger partial charge in [-0.25, -0.2) is 0 Å². The summed E-state index contributed by atoms with van der Waals surface area (Å²) in [7, 11) is 0. The lowest BCUT2D eigenvalue weighted by Crippen LogP contribution is -2.61. The standard InChI is InChI=1S/C100H186N4O8/c1-5-9-13-17-21-25-29-33-37-38-39-40-41-45-49-53-57-61-65-71-85-103(88-74-77-91-110-96(105)82-66-62-58-54-50-46-42-34-30-26-22-18-14-10-6-2)86-72-69-80-94-99(108)102-95(100(109)101-94)81-70-73-87-104(89-75-78-92-111-97(106)83-67-63-59-55-51-47-43-35-31-27-23-19-15-11-7-3)90-76-79-93-112-98(107)84-68-64-60-56-52-48-44-36-32-28-24-20-16-12-8-4/h33-37,42-44,94-95H,5-32,38-41,45-93H2,1-4H3,(H,101,109)(H,102,108)/b37-33-,42-34-,43-35-,44-36-. The number of unbranched alkanes of at least 4 members (excludes halogenated alkanes) is 54. The second-order valence-electron chi connectivity index (χ2n) is 33.9. The maximum absolute atomic E-state index is 13.6. The Labute approximate surface area is 694 Å². The topological polar surface area (TPSA) is 144 Å². The van der Waals surface area contributed by atoms with E-state index in [1.165, 1.54) is 315 Å². The van der Waals surface area contributed by atoms with Crippen molar-refractivity contribution in [3.05, 3.63) is 48.6 Å². The first-order valence-corrected chi connectivity index (χ1v) is 49.4. The van der Waals surface area contributed by atoms with E-state index in [-0.39, 0.29) is 29.7 Å². The van der Waals surface area contributed by atoms with E-state index in [9.17, 15) is 24.0 Å². The summed E-state index contributed by atoms with van der Waals surface area (Å²) in [5.74, 6) is -0.373. The molecule has 1 aliphatic heterocycles. The zero-order chi connectivity index (χ0) is 80.7. The van der Waals surface area contributed by atoms with Gasteiger partial charge in [0.2, 0.25) is 11.8 Å². The molecule has 2 atom stereocenters. The minimum absolute atomic E-state index is 0.0546. The molecule has 1 aliphatic rings. The number of nitrogens with one attached hydrogen (secondary N) is 2. The first-order valence-electron chi connectivity index (χ1n) is 49.4.